The van der Waals surface area contributed by atoms with Crippen LogP contribution >= 0.6 is 0 Å². The van der Waals surface area contributed by atoms with Crippen LogP contribution in [0.4, 0.5) is 0 Å². The van der Waals surface area contributed by atoms with Gasteiger partial charge in [0.05, 0.1) is 12.6 Å². The molecule has 1 aliphatic carbocycles. The molecule has 0 aromatic heterocycles. The maximum absolute atomic E-state index is 11.2. The van der Waals surface area contributed by atoms with Crippen LogP contribution in [0.3, 0.4) is 0 Å². The molecule has 0 saturated heterocycles. The van der Waals surface area contributed by atoms with E-state index in [1.807, 2.05) is 13.8 Å². The Hall–Kier alpha value is -0.570. The predicted octanol–water partition coefficient (Wildman–Crippen LogP) is 1.72. The highest BCUT2D eigenvalue weighted by Gasteiger charge is 2.31. The molecular formula is C11H21NO2. The Kier molecular flexibility index (Phi) is 3.93. The Balaban J connectivity index is 2.06. The Labute approximate surface area is 86.2 Å². The topological polar surface area (TPSA) is 38.3 Å². The predicted molar refractivity (Wildman–Crippen MR) is 56.1 cm³/mol. The van der Waals surface area contributed by atoms with E-state index in [2.05, 4.69) is 12.2 Å². The molecule has 0 amide bonds. The van der Waals surface area contributed by atoms with Gasteiger partial charge in [-0.3, -0.25) is 4.79 Å². The number of rotatable bonds is 5. The SMILES string of the molecule is CC(C)OC(=O)CNCC1(C)CCC1. The highest BCUT2D eigenvalue weighted by molar-refractivity contribution is 5.71. The van der Waals surface area contributed by atoms with Gasteiger partial charge < -0.3 is 10.1 Å². The molecule has 0 aromatic rings. The highest BCUT2D eigenvalue weighted by atomic mass is 16.5. The standard InChI is InChI=1S/C11H21NO2/c1-9(2)14-10(13)7-12-8-11(3)5-4-6-11/h9,12H,4-8H2,1-3H3. The van der Waals surface area contributed by atoms with Crippen molar-refractivity contribution in [1.82, 2.24) is 5.32 Å². The largest absolute Gasteiger partial charge is 0.462 e. The number of carbonyl (C=O) groups excluding carboxylic acids is 1. The maximum Gasteiger partial charge on any atom is 0.320 e. The van der Waals surface area contributed by atoms with E-state index in [4.69, 9.17) is 4.74 Å². The molecule has 0 aromatic carbocycles. The molecular weight excluding hydrogens is 178 g/mol. The summed E-state index contributed by atoms with van der Waals surface area (Å²) < 4.78 is 5.02. The minimum absolute atomic E-state index is 0.0106. The number of carbonyl (C=O) groups is 1. The van der Waals surface area contributed by atoms with Crippen LogP contribution in [-0.2, 0) is 9.53 Å². The minimum Gasteiger partial charge on any atom is -0.462 e. The van der Waals surface area contributed by atoms with Gasteiger partial charge in [0.1, 0.15) is 0 Å². The lowest BCUT2D eigenvalue weighted by Gasteiger charge is -2.38. The van der Waals surface area contributed by atoms with E-state index in [0.29, 0.717) is 12.0 Å². The van der Waals surface area contributed by atoms with Gasteiger partial charge in [0, 0.05) is 6.54 Å². The van der Waals surface area contributed by atoms with Crippen LogP contribution in [0.15, 0.2) is 0 Å². The molecule has 1 rings (SSSR count). The molecule has 1 fully saturated rings. The third kappa shape index (κ3) is 3.66. The molecule has 0 bridgehead atoms. The molecule has 0 radical (unpaired) electrons. The van der Waals surface area contributed by atoms with Gasteiger partial charge in [0.15, 0.2) is 0 Å². The van der Waals surface area contributed by atoms with Crippen molar-refractivity contribution in [1.29, 1.82) is 0 Å². The van der Waals surface area contributed by atoms with Gasteiger partial charge >= 0.3 is 5.97 Å². The zero-order valence-corrected chi connectivity index (χ0v) is 9.43. The first-order valence-electron chi connectivity index (χ1n) is 5.42. The highest BCUT2D eigenvalue weighted by Crippen LogP contribution is 2.39. The number of hydrogen-bond acceptors (Lipinski definition) is 3. The molecule has 3 nitrogen and oxygen atoms in total. The second-order valence-corrected chi connectivity index (χ2v) is 4.81. The Bertz CT molecular complexity index is 197. The summed E-state index contributed by atoms with van der Waals surface area (Å²) in [6.07, 6.45) is 3.87. The molecule has 0 unspecified atom stereocenters. The molecule has 3 heteroatoms. The van der Waals surface area contributed by atoms with E-state index >= 15 is 0 Å². The summed E-state index contributed by atoms with van der Waals surface area (Å²) in [4.78, 5) is 11.2. The van der Waals surface area contributed by atoms with E-state index in [0.717, 1.165) is 6.54 Å². The fourth-order valence-electron chi connectivity index (χ4n) is 1.73. The summed E-state index contributed by atoms with van der Waals surface area (Å²) in [5.41, 5.74) is 0.429. The zero-order valence-electron chi connectivity index (χ0n) is 9.43. The molecule has 1 saturated carbocycles. The van der Waals surface area contributed by atoms with E-state index in [1.54, 1.807) is 0 Å². The quantitative estimate of drug-likeness (QED) is 0.685. The van der Waals surface area contributed by atoms with Crippen molar-refractivity contribution in [3.63, 3.8) is 0 Å². The monoisotopic (exact) mass is 199 g/mol. The summed E-state index contributed by atoms with van der Waals surface area (Å²) in [6, 6.07) is 0. The molecule has 1 aliphatic rings. The first kappa shape index (κ1) is 11.5. The van der Waals surface area contributed by atoms with Crippen molar-refractivity contribution in [2.24, 2.45) is 5.41 Å². The van der Waals surface area contributed by atoms with Gasteiger partial charge in [0.2, 0.25) is 0 Å². The van der Waals surface area contributed by atoms with Crippen molar-refractivity contribution >= 4 is 5.97 Å². The molecule has 0 heterocycles. The number of ether oxygens (including phenoxy) is 1. The van der Waals surface area contributed by atoms with Crippen molar-refractivity contribution < 1.29 is 9.53 Å². The number of hydrogen-bond donors (Lipinski definition) is 1. The Morgan fingerprint density at radius 2 is 2.14 bits per heavy atom. The van der Waals surface area contributed by atoms with E-state index in [-0.39, 0.29) is 12.1 Å². The van der Waals surface area contributed by atoms with Crippen LogP contribution in [-0.4, -0.2) is 25.2 Å². The summed E-state index contributed by atoms with van der Waals surface area (Å²) in [5.74, 6) is -0.150. The van der Waals surface area contributed by atoms with Crippen LogP contribution in [0, 0.1) is 5.41 Å². The van der Waals surface area contributed by atoms with E-state index in [1.165, 1.54) is 19.3 Å². The van der Waals surface area contributed by atoms with Crippen molar-refractivity contribution in [2.75, 3.05) is 13.1 Å². The van der Waals surface area contributed by atoms with Gasteiger partial charge in [0.25, 0.3) is 0 Å². The lowest BCUT2D eigenvalue weighted by Crippen LogP contribution is -2.39. The fraction of sp³-hybridized carbons (Fsp3) is 0.909. The fourth-order valence-corrected chi connectivity index (χ4v) is 1.73. The lowest BCUT2D eigenvalue weighted by atomic mass is 9.70. The van der Waals surface area contributed by atoms with Gasteiger partial charge in [-0.1, -0.05) is 13.3 Å². The molecule has 1 N–H and O–H groups in total. The number of esters is 1. The van der Waals surface area contributed by atoms with Crippen molar-refractivity contribution in [2.45, 2.75) is 46.1 Å². The van der Waals surface area contributed by atoms with Crippen LogP contribution in [0.25, 0.3) is 0 Å². The van der Waals surface area contributed by atoms with Gasteiger partial charge in [-0.15, -0.1) is 0 Å². The summed E-state index contributed by atoms with van der Waals surface area (Å²) >= 11 is 0. The average Bonchev–Trinajstić information content (AvgIpc) is 1.99. The Morgan fingerprint density at radius 3 is 2.57 bits per heavy atom. The third-order valence-electron chi connectivity index (χ3n) is 2.75. The summed E-state index contributed by atoms with van der Waals surface area (Å²) in [6.45, 7) is 7.27. The van der Waals surface area contributed by atoms with E-state index in [9.17, 15) is 4.79 Å². The van der Waals surface area contributed by atoms with Crippen LogP contribution in [0.2, 0.25) is 0 Å². The zero-order chi connectivity index (χ0) is 10.6. The Morgan fingerprint density at radius 1 is 1.50 bits per heavy atom. The third-order valence-corrected chi connectivity index (χ3v) is 2.75. The first-order valence-corrected chi connectivity index (χ1v) is 5.42. The second-order valence-electron chi connectivity index (χ2n) is 4.81. The maximum atomic E-state index is 11.2. The van der Waals surface area contributed by atoms with Gasteiger partial charge in [-0.2, -0.15) is 0 Å². The van der Waals surface area contributed by atoms with Gasteiger partial charge in [-0.25, -0.2) is 0 Å². The smallest absolute Gasteiger partial charge is 0.320 e. The summed E-state index contributed by atoms with van der Waals surface area (Å²) in [5, 5.41) is 3.16. The van der Waals surface area contributed by atoms with Crippen molar-refractivity contribution in [3.05, 3.63) is 0 Å². The minimum atomic E-state index is -0.150. The van der Waals surface area contributed by atoms with E-state index < -0.39 is 0 Å². The first-order chi connectivity index (χ1) is 6.52. The molecule has 14 heavy (non-hydrogen) atoms. The second kappa shape index (κ2) is 4.78. The van der Waals surface area contributed by atoms with Crippen LogP contribution < -0.4 is 5.32 Å². The number of nitrogens with one attached hydrogen (secondary N) is 1. The van der Waals surface area contributed by atoms with Crippen molar-refractivity contribution in [3.8, 4) is 0 Å². The van der Waals surface area contributed by atoms with Gasteiger partial charge in [-0.05, 0) is 32.1 Å². The summed E-state index contributed by atoms with van der Waals surface area (Å²) in [7, 11) is 0. The lowest BCUT2D eigenvalue weighted by molar-refractivity contribution is -0.146. The average molecular weight is 199 g/mol. The molecule has 0 spiro atoms. The van der Waals surface area contributed by atoms with Crippen LogP contribution in [0.5, 0.6) is 0 Å². The molecule has 82 valence electrons. The molecule has 0 atom stereocenters. The molecule has 0 aliphatic heterocycles. The van der Waals surface area contributed by atoms with Crippen LogP contribution in [0.1, 0.15) is 40.0 Å². The normalized spacial score (nSPS) is 19.1.